The maximum absolute atomic E-state index is 11.9. The Morgan fingerprint density at radius 3 is 2.29 bits per heavy atom. The highest BCUT2D eigenvalue weighted by atomic mass is 16.5. The van der Waals surface area contributed by atoms with Crippen molar-refractivity contribution in [2.45, 2.75) is 19.4 Å². The SMILES string of the molecule is COc1ccc(CCC(=O)OCc2ccc(C#N)cc2)cc1OC. The Hall–Kier alpha value is -3.00. The highest BCUT2D eigenvalue weighted by Gasteiger charge is 2.08. The number of benzene rings is 2. The standard InChI is InChI=1S/C19H19NO4/c1-22-17-9-7-14(11-18(17)23-2)8-10-19(21)24-13-16-5-3-15(12-20)4-6-16/h3-7,9,11H,8,10,13H2,1-2H3. The smallest absolute Gasteiger partial charge is 0.306 e. The van der Waals surface area contributed by atoms with Gasteiger partial charge in [0.2, 0.25) is 0 Å². The second-order valence-electron chi connectivity index (χ2n) is 5.16. The van der Waals surface area contributed by atoms with E-state index in [0.29, 0.717) is 23.5 Å². The molecule has 0 aliphatic carbocycles. The topological polar surface area (TPSA) is 68.5 Å². The highest BCUT2D eigenvalue weighted by Crippen LogP contribution is 2.28. The monoisotopic (exact) mass is 325 g/mol. The molecule has 24 heavy (non-hydrogen) atoms. The van der Waals surface area contributed by atoms with Gasteiger partial charge in [0.1, 0.15) is 6.61 Å². The first-order valence-corrected chi connectivity index (χ1v) is 7.52. The van der Waals surface area contributed by atoms with Gasteiger partial charge in [-0.05, 0) is 41.8 Å². The average Bonchev–Trinajstić information content (AvgIpc) is 2.64. The van der Waals surface area contributed by atoms with Crippen LogP contribution < -0.4 is 9.47 Å². The quantitative estimate of drug-likeness (QED) is 0.731. The number of esters is 1. The molecular weight excluding hydrogens is 306 g/mol. The van der Waals surface area contributed by atoms with Crippen LogP contribution in [0.15, 0.2) is 42.5 Å². The van der Waals surface area contributed by atoms with Crippen LogP contribution in [-0.2, 0) is 22.6 Å². The van der Waals surface area contributed by atoms with E-state index in [1.54, 1.807) is 38.5 Å². The Labute approximate surface area is 141 Å². The van der Waals surface area contributed by atoms with Crippen molar-refractivity contribution in [1.82, 2.24) is 0 Å². The van der Waals surface area contributed by atoms with Crippen LogP contribution in [0, 0.1) is 11.3 Å². The molecule has 0 saturated carbocycles. The summed E-state index contributed by atoms with van der Waals surface area (Å²) < 4.78 is 15.7. The molecule has 0 fully saturated rings. The third kappa shape index (κ3) is 4.75. The highest BCUT2D eigenvalue weighted by molar-refractivity contribution is 5.69. The Kier molecular flexibility index (Phi) is 6.21. The minimum absolute atomic E-state index is 0.205. The summed E-state index contributed by atoms with van der Waals surface area (Å²) in [4.78, 5) is 11.9. The number of hydrogen-bond acceptors (Lipinski definition) is 5. The van der Waals surface area contributed by atoms with E-state index in [1.807, 2.05) is 24.3 Å². The first-order valence-electron chi connectivity index (χ1n) is 7.52. The Morgan fingerprint density at radius 2 is 1.67 bits per heavy atom. The normalized spacial score (nSPS) is 9.88. The van der Waals surface area contributed by atoms with E-state index in [0.717, 1.165) is 11.1 Å². The molecule has 5 heteroatoms. The zero-order valence-corrected chi connectivity index (χ0v) is 13.7. The number of nitriles is 1. The van der Waals surface area contributed by atoms with Gasteiger partial charge in [-0.15, -0.1) is 0 Å². The summed E-state index contributed by atoms with van der Waals surface area (Å²) in [5.41, 5.74) is 2.41. The zero-order chi connectivity index (χ0) is 17.4. The van der Waals surface area contributed by atoms with E-state index in [1.165, 1.54) is 0 Å². The Balaban J connectivity index is 1.83. The molecule has 0 atom stereocenters. The van der Waals surface area contributed by atoms with Gasteiger partial charge in [0.25, 0.3) is 0 Å². The third-order valence-electron chi connectivity index (χ3n) is 3.55. The van der Waals surface area contributed by atoms with Crippen LogP contribution in [0.1, 0.15) is 23.1 Å². The van der Waals surface area contributed by atoms with Crippen LogP contribution in [0.25, 0.3) is 0 Å². The van der Waals surface area contributed by atoms with Crippen molar-refractivity contribution in [1.29, 1.82) is 5.26 Å². The van der Waals surface area contributed by atoms with E-state index < -0.39 is 0 Å². The fourth-order valence-corrected chi connectivity index (χ4v) is 2.19. The molecule has 0 radical (unpaired) electrons. The maximum Gasteiger partial charge on any atom is 0.306 e. The van der Waals surface area contributed by atoms with E-state index >= 15 is 0 Å². The van der Waals surface area contributed by atoms with Gasteiger partial charge < -0.3 is 14.2 Å². The van der Waals surface area contributed by atoms with Crippen molar-refractivity contribution in [2.24, 2.45) is 0 Å². The molecule has 0 amide bonds. The summed E-state index contributed by atoms with van der Waals surface area (Å²) in [6.45, 7) is 0.205. The first-order chi connectivity index (χ1) is 11.7. The van der Waals surface area contributed by atoms with E-state index in [9.17, 15) is 4.79 Å². The molecule has 0 aliphatic heterocycles. The Morgan fingerprint density at radius 1 is 1.00 bits per heavy atom. The molecule has 0 spiro atoms. The summed E-state index contributed by atoms with van der Waals surface area (Å²) in [5.74, 6) is 1.03. The molecule has 124 valence electrons. The molecule has 0 aromatic heterocycles. The van der Waals surface area contributed by atoms with Crippen molar-refractivity contribution < 1.29 is 19.0 Å². The number of aryl methyl sites for hydroxylation is 1. The van der Waals surface area contributed by atoms with Crippen LogP contribution in [0.5, 0.6) is 11.5 Å². The number of methoxy groups -OCH3 is 2. The molecule has 0 unspecified atom stereocenters. The van der Waals surface area contributed by atoms with E-state index in [-0.39, 0.29) is 19.0 Å². The lowest BCUT2D eigenvalue weighted by atomic mass is 10.1. The van der Waals surface area contributed by atoms with E-state index in [2.05, 4.69) is 0 Å². The van der Waals surface area contributed by atoms with Crippen LogP contribution >= 0.6 is 0 Å². The van der Waals surface area contributed by atoms with Gasteiger partial charge >= 0.3 is 5.97 Å². The largest absolute Gasteiger partial charge is 0.493 e. The minimum atomic E-state index is -0.269. The van der Waals surface area contributed by atoms with Crippen molar-refractivity contribution in [3.63, 3.8) is 0 Å². The van der Waals surface area contributed by atoms with Crippen molar-refractivity contribution in [3.8, 4) is 17.6 Å². The molecule has 0 bridgehead atoms. The van der Waals surface area contributed by atoms with Crippen LogP contribution in [0.4, 0.5) is 0 Å². The number of ether oxygens (including phenoxy) is 3. The van der Waals surface area contributed by atoms with E-state index in [4.69, 9.17) is 19.5 Å². The predicted molar refractivity (Wildman–Crippen MR) is 88.8 cm³/mol. The molecule has 0 aliphatic rings. The fraction of sp³-hybridized carbons (Fsp3) is 0.263. The molecule has 2 aromatic rings. The maximum atomic E-state index is 11.9. The minimum Gasteiger partial charge on any atom is -0.493 e. The summed E-state index contributed by atoms with van der Waals surface area (Å²) in [6, 6.07) is 14.6. The summed E-state index contributed by atoms with van der Waals surface area (Å²) >= 11 is 0. The van der Waals surface area contributed by atoms with Crippen LogP contribution in [0.3, 0.4) is 0 Å². The number of rotatable bonds is 7. The van der Waals surface area contributed by atoms with Gasteiger partial charge in [0, 0.05) is 6.42 Å². The molecule has 2 rings (SSSR count). The molecule has 0 heterocycles. The van der Waals surface area contributed by atoms with Crippen LogP contribution in [0.2, 0.25) is 0 Å². The zero-order valence-electron chi connectivity index (χ0n) is 13.7. The van der Waals surface area contributed by atoms with Gasteiger partial charge in [0.05, 0.1) is 25.9 Å². The molecule has 2 aromatic carbocycles. The number of hydrogen-bond donors (Lipinski definition) is 0. The molecule has 5 nitrogen and oxygen atoms in total. The lowest BCUT2D eigenvalue weighted by molar-refractivity contribution is -0.144. The summed E-state index contributed by atoms with van der Waals surface area (Å²) in [7, 11) is 3.16. The average molecular weight is 325 g/mol. The third-order valence-corrected chi connectivity index (χ3v) is 3.55. The summed E-state index contributed by atoms with van der Waals surface area (Å²) in [6.07, 6.45) is 0.846. The van der Waals surface area contributed by atoms with Gasteiger partial charge in [-0.2, -0.15) is 5.26 Å². The van der Waals surface area contributed by atoms with Crippen molar-refractivity contribution in [3.05, 3.63) is 59.2 Å². The van der Waals surface area contributed by atoms with Gasteiger partial charge in [0.15, 0.2) is 11.5 Å². The molecule has 0 saturated heterocycles. The second-order valence-corrected chi connectivity index (χ2v) is 5.16. The van der Waals surface area contributed by atoms with Crippen molar-refractivity contribution in [2.75, 3.05) is 14.2 Å². The second kappa shape index (κ2) is 8.59. The molecule has 0 N–H and O–H groups in total. The van der Waals surface area contributed by atoms with Crippen LogP contribution in [-0.4, -0.2) is 20.2 Å². The van der Waals surface area contributed by atoms with Crippen molar-refractivity contribution >= 4 is 5.97 Å². The lowest BCUT2D eigenvalue weighted by Gasteiger charge is -2.09. The Bertz CT molecular complexity index is 732. The molecular formula is C19H19NO4. The summed E-state index contributed by atoms with van der Waals surface area (Å²) in [5, 5.41) is 8.74. The first kappa shape index (κ1) is 17.4. The van der Waals surface area contributed by atoms with Gasteiger partial charge in [-0.1, -0.05) is 18.2 Å². The lowest BCUT2D eigenvalue weighted by Crippen LogP contribution is -2.06. The number of nitrogens with zero attached hydrogens (tertiary/aromatic N) is 1. The number of carbonyl (C=O) groups excluding carboxylic acids is 1. The number of carbonyl (C=O) groups is 1. The fourth-order valence-electron chi connectivity index (χ4n) is 2.19. The predicted octanol–water partition coefficient (Wildman–Crippen LogP) is 3.25. The van der Waals surface area contributed by atoms with Gasteiger partial charge in [-0.3, -0.25) is 4.79 Å². The van der Waals surface area contributed by atoms with Gasteiger partial charge in [-0.25, -0.2) is 0 Å².